The van der Waals surface area contributed by atoms with Crippen molar-refractivity contribution in [3.8, 4) is 5.75 Å². The number of amides is 1. The molecule has 3 rings (SSSR count). The highest BCUT2D eigenvalue weighted by Crippen LogP contribution is 2.31. The van der Waals surface area contributed by atoms with Gasteiger partial charge < -0.3 is 5.11 Å². The number of rotatable bonds is 2. The third kappa shape index (κ3) is 2.50. The molecule has 98 valence electrons. The van der Waals surface area contributed by atoms with Crippen LogP contribution in [0.2, 0.25) is 0 Å². The summed E-state index contributed by atoms with van der Waals surface area (Å²) in [7, 11) is 0. The van der Waals surface area contributed by atoms with Crippen molar-refractivity contribution < 1.29 is 9.90 Å². The summed E-state index contributed by atoms with van der Waals surface area (Å²) in [6, 6.07) is 4.79. The van der Waals surface area contributed by atoms with Crippen molar-refractivity contribution in [3.63, 3.8) is 0 Å². The van der Waals surface area contributed by atoms with E-state index >= 15 is 0 Å². The number of carbonyl (C=O) groups is 1. The van der Waals surface area contributed by atoms with Gasteiger partial charge in [-0.1, -0.05) is 15.9 Å². The maximum atomic E-state index is 12.1. The Hall–Kier alpha value is -1.40. The van der Waals surface area contributed by atoms with Crippen LogP contribution in [0.5, 0.6) is 5.75 Å². The normalized spacial score (nSPS) is 13.3. The third-order valence-electron chi connectivity index (χ3n) is 3.02. The van der Waals surface area contributed by atoms with E-state index in [1.807, 2.05) is 0 Å². The van der Waals surface area contributed by atoms with E-state index in [4.69, 9.17) is 0 Å². The number of benzene rings is 1. The van der Waals surface area contributed by atoms with Crippen LogP contribution in [0, 0.1) is 0 Å². The average molecular weight is 339 g/mol. The van der Waals surface area contributed by atoms with E-state index in [0.717, 1.165) is 29.4 Å². The van der Waals surface area contributed by atoms with Gasteiger partial charge in [-0.25, -0.2) is 4.98 Å². The Morgan fingerprint density at radius 2 is 2.26 bits per heavy atom. The summed E-state index contributed by atoms with van der Waals surface area (Å²) in [5.41, 5.74) is 1.35. The summed E-state index contributed by atoms with van der Waals surface area (Å²) >= 11 is 4.76. The molecule has 0 spiro atoms. The zero-order valence-electron chi connectivity index (χ0n) is 9.94. The fraction of sp³-hybridized carbons (Fsp3) is 0.231. The zero-order chi connectivity index (χ0) is 13.4. The zero-order valence-corrected chi connectivity index (χ0v) is 12.3. The number of anilines is 1. The minimum absolute atomic E-state index is 0.0454. The second-order valence-corrected chi connectivity index (χ2v) is 6.36. The van der Waals surface area contributed by atoms with Crippen molar-refractivity contribution in [3.05, 3.63) is 38.8 Å². The number of carbonyl (C=O) groups excluding carboxylic acids is 1. The van der Waals surface area contributed by atoms with Crippen LogP contribution < -0.4 is 5.32 Å². The molecule has 1 amide bonds. The van der Waals surface area contributed by atoms with Gasteiger partial charge in [0.15, 0.2) is 5.13 Å². The second kappa shape index (κ2) is 4.94. The van der Waals surface area contributed by atoms with Crippen molar-refractivity contribution in [2.45, 2.75) is 19.3 Å². The summed E-state index contributed by atoms with van der Waals surface area (Å²) in [5, 5.41) is 13.1. The lowest BCUT2D eigenvalue weighted by Crippen LogP contribution is -2.11. The number of nitrogens with zero attached hydrogens (tertiary/aromatic N) is 1. The average Bonchev–Trinajstić information content (AvgIpc) is 2.89. The maximum absolute atomic E-state index is 12.1. The number of thiazole rings is 1. The van der Waals surface area contributed by atoms with E-state index in [9.17, 15) is 9.90 Å². The SMILES string of the molecule is O=C(Nc1nc2c(s1)CCC2)c1ccc(Br)cc1O. The Kier molecular flexibility index (Phi) is 3.28. The summed E-state index contributed by atoms with van der Waals surface area (Å²) in [5.74, 6) is -0.381. The molecule has 1 aromatic carbocycles. The first-order valence-electron chi connectivity index (χ1n) is 5.92. The second-order valence-electron chi connectivity index (χ2n) is 4.36. The Morgan fingerprint density at radius 3 is 3.00 bits per heavy atom. The van der Waals surface area contributed by atoms with Crippen molar-refractivity contribution in [1.29, 1.82) is 0 Å². The molecule has 6 heteroatoms. The number of fused-ring (bicyclic) bond motifs is 1. The number of phenols is 1. The first-order chi connectivity index (χ1) is 9.13. The molecule has 1 aliphatic rings. The van der Waals surface area contributed by atoms with Crippen LogP contribution in [0.3, 0.4) is 0 Å². The van der Waals surface area contributed by atoms with Crippen molar-refractivity contribution in [2.24, 2.45) is 0 Å². The topological polar surface area (TPSA) is 62.2 Å². The summed E-state index contributed by atoms with van der Waals surface area (Å²) in [6.07, 6.45) is 3.19. The number of hydrogen-bond acceptors (Lipinski definition) is 4. The minimum atomic E-state index is -0.336. The molecule has 0 fully saturated rings. The lowest BCUT2D eigenvalue weighted by molar-refractivity contribution is 0.102. The van der Waals surface area contributed by atoms with Gasteiger partial charge in [-0.05, 0) is 37.5 Å². The van der Waals surface area contributed by atoms with E-state index < -0.39 is 0 Å². The summed E-state index contributed by atoms with van der Waals surface area (Å²) < 4.78 is 0.731. The molecular weight excluding hydrogens is 328 g/mol. The van der Waals surface area contributed by atoms with E-state index in [2.05, 4.69) is 26.2 Å². The van der Waals surface area contributed by atoms with Crippen LogP contribution in [0.4, 0.5) is 5.13 Å². The van der Waals surface area contributed by atoms with E-state index in [-0.39, 0.29) is 17.2 Å². The summed E-state index contributed by atoms with van der Waals surface area (Å²) in [6.45, 7) is 0. The fourth-order valence-electron chi connectivity index (χ4n) is 2.11. The highest BCUT2D eigenvalue weighted by Gasteiger charge is 2.19. The molecule has 0 saturated heterocycles. The van der Waals surface area contributed by atoms with E-state index in [0.29, 0.717) is 5.13 Å². The van der Waals surface area contributed by atoms with Gasteiger partial charge in [0.1, 0.15) is 5.75 Å². The van der Waals surface area contributed by atoms with Crippen LogP contribution in [-0.2, 0) is 12.8 Å². The highest BCUT2D eigenvalue weighted by atomic mass is 79.9. The van der Waals surface area contributed by atoms with Crippen LogP contribution in [0.1, 0.15) is 27.3 Å². The molecule has 4 nitrogen and oxygen atoms in total. The smallest absolute Gasteiger partial charge is 0.261 e. The number of aryl methyl sites for hydroxylation is 2. The van der Waals surface area contributed by atoms with Gasteiger partial charge in [-0.2, -0.15) is 0 Å². The van der Waals surface area contributed by atoms with Gasteiger partial charge in [0.05, 0.1) is 11.3 Å². The number of aromatic nitrogens is 1. The van der Waals surface area contributed by atoms with Crippen molar-refractivity contribution >= 4 is 38.3 Å². The van der Waals surface area contributed by atoms with Crippen molar-refractivity contribution in [1.82, 2.24) is 4.98 Å². The Morgan fingerprint density at radius 1 is 1.42 bits per heavy atom. The van der Waals surface area contributed by atoms with E-state index in [1.165, 1.54) is 22.3 Å². The molecule has 1 aliphatic carbocycles. The van der Waals surface area contributed by atoms with Crippen LogP contribution >= 0.6 is 27.3 Å². The van der Waals surface area contributed by atoms with Gasteiger partial charge in [-0.3, -0.25) is 10.1 Å². The summed E-state index contributed by atoms with van der Waals surface area (Å²) in [4.78, 5) is 17.7. The van der Waals surface area contributed by atoms with Gasteiger partial charge in [0.2, 0.25) is 0 Å². The molecule has 1 heterocycles. The molecule has 0 aliphatic heterocycles. The molecule has 0 bridgehead atoms. The quantitative estimate of drug-likeness (QED) is 0.882. The lowest BCUT2D eigenvalue weighted by Gasteiger charge is -2.04. The molecule has 0 atom stereocenters. The molecule has 2 aromatic rings. The first-order valence-corrected chi connectivity index (χ1v) is 7.53. The number of hydrogen-bond donors (Lipinski definition) is 2. The Bertz CT molecular complexity index is 633. The fourth-order valence-corrected chi connectivity index (χ4v) is 3.50. The minimum Gasteiger partial charge on any atom is -0.507 e. The van der Waals surface area contributed by atoms with Crippen molar-refractivity contribution in [2.75, 3.05) is 5.32 Å². The predicted octanol–water partition coefficient (Wildman–Crippen LogP) is 3.35. The molecule has 0 radical (unpaired) electrons. The maximum Gasteiger partial charge on any atom is 0.261 e. The number of halogens is 1. The molecule has 2 N–H and O–H groups in total. The molecule has 0 saturated carbocycles. The number of aromatic hydroxyl groups is 1. The van der Waals surface area contributed by atoms with Gasteiger partial charge >= 0.3 is 0 Å². The third-order valence-corrected chi connectivity index (χ3v) is 4.59. The van der Waals surface area contributed by atoms with Gasteiger partial charge in [0, 0.05) is 9.35 Å². The van der Waals surface area contributed by atoms with Gasteiger partial charge in [0.25, 0.3) is 5.91 Å². The number of nitrogens with one attached hydrogen (secondary N) is 1. The first kappa shape index (κ1) is 12.6. The largest absolute Gasteiger partial charge is 0.507 e. The van der Waals surface area contributed by atoms with Crippen LogP contribution in [-0.4, -0.2) is 16.0 Å². The standard InChI is InChI=1S/C13H11BrN2O2S/c14-7-4-5-8(10(17)6-7)12(18)16-13-15-9-2-1-3-11(9)19-13/h4-6,17H,1-3H2,(H,15,16,18). The van der Waals surface area contributed by atoms with Crippen LogP contribution in [0.15, 0.2) is 22.7 Å². The molecular formula is C13H11BrN2O2S. The lowest BCUT2D eigenvalue weighted by atomic mass is 10.2. The number of phenolic OH excluding ortho intramolecular Hbond substituents is 1. The molecule has 0 unspecified atom stereocenters. The van der Waals surface area contributed by atoms with Gasteiger partial charge in [-0.15, -0.1) is 11.3 Å². The molecule has 1 aromatic heterocycles. The Labute approximate surface area is 122 Å². The van der Waals surface area contributed by atoms with E-state index in [1.54, 1.807) is 12.1 Å². The van der Waals surface area contributed by atoms with Crippen LogP contribution in [0.25, 0.3) is 0 Å². The monoisotopic (exact) mass is 338 g/mol. The highest BCUT2D eigenvalue weighted by molar-refractivity contribution is 9.10. The Balaban J connectivity index is 1.80. The predicted molar refractivity (Wildman–Crippen MR) is 77.9 cm³/mol. The molecule has 19 heavy (non-hydrogen) atoms.